The molecule has 1 fully saturated rings. The smallest absolute Gasteiger partial charge is 0.211 e. The molecule has 2 heterocycles. The van der Waals surface area contributed by atoms with E-state index in [1.165, 1.54) is 6.26 Å². The van der Waals surface area contributed by atoms with Crippen LogP contribution in [0.5, 0.6) is 0 Å². The first-order valence-corrected chi connectivity index (χ1v) is 8.07. The summed E-state index contributed by atoms with van der Waals surface area (Å²) in [7, 11) is -3.01. The van der Waals surface area contributed by atoms with Crippen molar-refractivity contribution in [3.05, 3.63) is 18.2 Å². The Bertz CT molecular complexity index is 449. The molecule has 18 heavy (non-hydrogen) atoms. The molecule has 0 radical (unpaired) electrons. The molecule has 0 aliphatic carbocycles. The average Bonchev–Trinajstić information content (AvgIpc) is 2.82. The predicted octanol–water partition coefficient (Wildman–Crippen LogP) is -0.0342. The number of nitrogens with zero attached hydrogens (tertiary/aromatic N) is 2. The van der Waals surface area contributed by atoms with Crippen LogP contribution in [-0.4, -0.2) is 54.6 Å². The van der Waals surface area contributed by atoms with E-state index in [1.54, 1.807) is 10.5 Å². The number of sulfonamides is 1. The predicted molar refractivity (Wildman–Crippen MR) is 69.7 cm³/mol. The molecule has 0 unspecified atom stereocenters. The topological polar surface area (TPSA) is 78.1 Å². The molecular formula is C11H20N4O2S. The van der Waals surface area contributed by atoms with Gasteiger partial charge < -0.3 is 10.3 Å². The van der Waals surface area contributed by atoms with Crippen molar-refractivity contribution in [3.8, 4) is 0 Å². The first-order chi connectivity index (χ1) is 8.55. The fourth-order valence-electron chi connectivity index (χ4n) is 2.22. The summed E-state index contributed by atoms with van der Waals surface area (Å²) in [4.78, 5) is 7.22. The molecule has 0 bridgehead atoms. The quantitative estimate of drug-likeness (QED) is 0.789. The number of hydrogen-bond donors (Lipinski definition) is 2. The Morgan fingerprint density at radius 2 is 2.22 bits per heavy atom. The first kappa shape index (κ1) is 13.5. The monoisotopic (exact) mass is 272 g/mol. The average molecular weight is 272 g/mol. The number of rotatable bonds is 5. The maximum atomic E-state index is 11.4. The number of imidazole rings is 1. The van der Waals surface area contributed by atoms with Crippen LogP contribution in [0.4, 0.5) is 0 Å². The Morgan fingerprint density at radius 3 is 2.78 bits per heavy atom. The van der Waals surface area contributed by atoms with E-state index >= 15 is 0 Å². The van der Waals surface area contributed by atoms with Crippen molar-refractivity contribution in [2.45, 2.75) is 25.3 Å². The van der Waals surface area contributed by atoms with Crippen LogP contribution in [0.1, 0.15) is 18.7 Å². The summed E-state index contributed by atoms with van der Waals surface area (Å²) in [5.74, 6) is 0.982. The summed E-state index contributed by atoms with van der Waals surface area (Å²) < 4.78 is 24.3. The Kier molecular flexibility index (Phi) is 4.36. The number of aromatic amines is 1. The number of hydrogen-bond acceptors (Lipinski definition) is 4. The molecule has 1 aromatic heterocycles. The minimum Gasteiger partial charge on any atom is -0.349 e. The van der Waals surface area contributed by atoms with Crippen LogP contribution in [-0.2, 0) is 16.4 Å². The molecule has 2 N–H and O–H groups in total. The van der Waals surface area contributed by atoms with Gasteiger partial charge in [-0.3, -0.25) is 0 Å². The normalized spacial score (nSPS) is 19.2. The molecule has 0 spiro atoms. The largest absolute Gasteiger partial charge is 0.349 e. The third-order valence-corrected chi connectivity index (χ3v) is 4.58. The summed E-state index contributed by atoms with van der Waals surface area (Å²) in [5.41, 5.74) is 0. The van der Waals surface area contributed by atoms with Gasteiger partial charge in [0.15, 0.2) is 0 Å². The van der Waals surface area contributed by atoms with Gasteiger partial charge in [-0.15, -0.1) is 0 Å². The molecule has 0 amide bonds. The van der Waals surface area contributed by atoms with Gasteiger partial charge in [0.1, 0.15) is 5.82 Å². The zero-order valence-electron chi connectivity index (χ0n) is 10.6. The molecule has 1 aliphatic rings. The fourth-order valence-corrected chi connectivity index (χ4v) is 3.10. The lowest BCUT2D eigenvalue weighted by Gasteiger charge is -2.30. The molecule has 0 aromatic carbocycles. The van der Waals surface area contributed by atoms with Crippen LogP contribution < -0.4 is 5.32 Å². The SMILES string of the molecule is CS(=O)(=O)N1CCC(NCCc2ncc[nH]2)CC1. The molecule has 102 valence electrons. The standard InChI is InChI=1S/C11H20N4O2S/c1-18(16,17)15-8-3-10(4-9-15)12-5-2-11-13-6-7-14-11/h6-7,10,12H,2-5,8-9H2,1H3,(H,13,14). The molecular weight excluding hydrogens is 252 g/mol. The van der Waals surface area contributed by atoms with Crippen LogP contribution in [0, 0.1) is 0 Å². The zero-order chi connectivity index (χ0) is 13.0. The van der Waals surface area contributed by atoms with Crippen LogP contribution in [0.15, 0.2) is 12.4 Å². The van der Waals surface area contributed by atoms with Gasteiger partial charge in [-0.1, -0.05) is 0 Å². The van der Waals surface area contributed by atoms with Gasteiger partial charge >= 0.3 is 0 Å². The van der Waals surface area contributed by atoms with Crippen molar-refractivity contribution < 1.29 is 8.42 Å². The summed E-state index contributed by atoms with van der Waals surface area (Å²) in [6.45, 7) is 2.12. The highest BCUT2D eigenvalue weighted by molar-refractivity contribution is 7.88. The van der Waals surface area contributed by atoms with Gasteiger partial charge in [-0.25, -0.2) is 17.7 Å². The minimum absolute atomic E-state index is 0.415. The van der Waals surface area contributed by atoms with Crippen LogP contribution in [0.3, 0.4) is 0 Å². The first-order valence-electron chi connectivity index (χ1n) is 6.22. The van der Waals surface area contributed by atoms with Crippen LogP contribution in [0.2, 0.25) is 0 Å². The summed E-state index contributed by atoms with van der Waals surface area (Å²) >= 11 is 0. The van der Waals surface area contributed by atoms with E-state index in [-0.39, 0.29) is 0 Å². The van der Waals surface area contributed by atoms with E-state index < -0.39 is 10.0 Å². The maximum absolute atomic E-state index is 11.4. The lowest BCUT2D eigenvalue weighted by molar-refractivity contribution is 0.291. The maximum Gasteiger partial charge on any atom is 0.211 e. The van der Waals surface area contributed by atoms with E-state index in [0.29, 0.717) is 19.1 Å². The second-order valence-corrected chi connectivity index (χ2v) is 6.66. The highest BCUT2D eigenvalue weighted by Gasteiger charge is 2.24. The highest BCUT2D eigenvalue weighted by atomic mass is 32.2. The number of nitrogens with one attached hydrogen (secondary N) is 2. The molecule has 0 saturated carbocycles. The van der Waals surface area contributed by atoms with Gasteiger partial charge in [0.2, 0.25) is 10.0 Å². The van der Waals surface area contributed by atoms with E-state index in [9.17, 15) is 8.42 Å². The van der Waals surface area contributed by atoms with Crippen molar-refractivity contribution in [3.63, 3.8) is 0 Å². The van der Waals surface area contributed by atoms with Gasteiger partial charge in [-0.2, -0.15) is 0 Å². The molecule has 1 aliphatic heterocycles. The molecule has 1 aromatic rings. The van der Waals surface area contributed by atoms with Crippen molar-refractivity contribution in [1.82, 2.24) is 19.6 Å². The third-order valence-electron chi connectivity index (χ3n) is 3.27. The van der Waals surface area contributed by atoms with Crippen molar-refractivity contribution in [2.24, 2.45) is 0 Å². The van der Waals surface area contributed by atoms with Crippen LogP contribution in [0.25, 0.3) is 0 Å². The molecule has 6 nitrogen and oxygen atoms in total. The lowest BCUT2D eigenvalue weighted by atomic mass is 10.1. The Balaban J connectivity index is 1.68. The molecule has 0 atom stereocenters. The number of piperidine rings is 1. The second kappa shape index (κ2) is 5.81. The second-order valence-electron chi connectivity index (χ2n) is 4.68. The van der Waals surface area contributed by atoms with Crippen molar-refractivity contribution >= 4 is 10.0 Å². The molecule has 2 rings (SSSR count). The van der Waals surface area contributed by atoms with Crippen molar-refractivity contribution in [2.75, 3.05) is 25.9 Å². The Labute approximate surface area is 108 Å². The van der Waals surface area contributed by atoms with Gasteiger partial charge in [-0.05, 0) is 12.8 Å². The molecule has 7 heteroatoms. The van der Waals surface area contributed by atoms with E-state index in [2.05, 4.69) is 15.3 Å². The zero-order valence-corrected chi connectivity index (χ0v) is 11.4. The Morgan fingerprint density at radius 1 is 1.50 bits per heavy atom. The highest BCUT2D eigenvalue weighted by Crippen LogP contribution is 2.12. The Hall–Kier alpha value is -0.920. The lowest BCUT2D eigenvalue weighted by Crippen LogP contribution is -2.44. The summed E-state index contributed by atoms with van der Waals surface area (Å²) in [6.07, 6.45) is 7.48. The third kappa shape index (κ3) is 3.79. The van der Waals surface area contributed by atoms with E-state index in [1.807, 2.05) is 6.20 Å². The molecule has 1 saturated heterocycles. The summed E-state index contributed by atoms with van der Waals surface area (Å²) in [5, 5.41) is 3.45. The fraction of sp³-hybridized carbons (Fsp3) is 0.727. The van der Waals surface area contributed by atoms with Crippen LogP contribution >= 0.6 is 0 Å². The van der Waals surface area contributed by atoms with E-state index in [0.717, 1.165) is 31.6 Å². The van der Waals surface area contributed by atoms with Crippen molar-refractivity contribution in [1.29, 1.82) is 0 Å². The van der Waals surface area contributed by atoms with Gasteiger partial charge in [0.25, 0.3) is 0 Å². The minimum atomic E-state index is -3.01. The number of aromatic nitrogens is 2. The number of H-pyrrole nitrogens is 1. The van der Waals surface area contributed by atoms with Gasteiger partial charge in [0, 0.05) is 44.5 Å². The van der Waals surface area contributed by atoms with E-state index in [4.69, 9.17) is 0 Å². The summed E-state index contributed by atoms with van der Waals surface area (Å²) in [6, 6.07) is 0.415. The van der Waals surface area contributed by atoms with Gasteiger partial charge in [0.05, 0.1) is 6.26 Å².